The van der Waals surface area contributed by atoms with Crippen LogP contribution in [0.3, 0.4) is 0 Å². The minimum absolute atomic E-state index is 0.000275. The Morgan fingerprint density at radius 2 is 1.90 bits per heavy atom. The lowest BCUT2D eigenvalue weighted by molar-refractivity contribution is -0.186. The van der Waals surface area contributed by atoms with Gasteiger partial charge in [-0.25, -0.2) is 4.39 Å². The van der Waals surface area contributed by atoms with Gasteiger partial charge in [-0.05, 0) is 62.3 Å². The third-order valence-electron chi connectivity index (χ3n) is 8.01. The Kier molecular flexibility index (Phi) is 9.52. The molecule has 1 saturated carbocycles. The number of Topliss-reactive ketones (excluding diaryl/α,β-unsaturated/α-hetero) is 1. The van der Waals surface area contributed by atoms with Crippen molar-refractivity contribution >= 4 is 45.9 Å². The third kappa shape index (κ3) is 6.97. The summed E-state index contributed by atoms with van der Waals surface area (Å²) in [6, 6.07) is 9.72. The average Bonchev–Trinajstić information content (AvgIpc) is 3.57. The second-order valence-electron chi connectivity index (χ2n) is 10.9. The van der Waals surface area contributed by atoms with Crippen molar-refractivity contribution in [2.24, 2.45) is 13.0 Å². The summed E-state index contributed by atoms with van der Waals surface area (Å²) in [7, 11) is 1.73. The minimum Gasteiger partial charge on any atom is -0.481 e. The van der Waals surface area contributed by atoms with Crippen LogP contribution in [0.15, 0.2) is 36.4 Å². The number of aryl methyl sites for hydroxylation is 1. The molecule has 224 valence electrons. The molecule has 2 N–H and O–H groups in total. The topological polar surface area (TPSA) is 123 Å². The van der Waals surface area contributed by atoms with Gasteiger partial charge in [0.1, 0.15) is 12.4 Å². The van der Waals surface area contributed by atoms with E-state index >= 15 is 0 Å². The van der Waals surface area contributed by atoms with Crippen molar-refractivity contribution < 1.29 is 33.5 Å². The van der Waals surface area contributed by atoms with Gasteiger partial charge in [0.05, 0.1) is 40.9 Å². The number of amides is 1. The van der Waals surface area contributed by atoms with Gasteiger partial charge in [0, 0.05) is 25.4 Å². The molecule has 0 bridgehead atoms. The van der Waals surface area contributed by atoms with E-state index in [0.29, 0.717) is 31.4 Å². The van der Waals surface area contributed by atoms with Gasteiger partial charge < -0.3 is 15.2 Å². The fourth-order valence-electron chi connectivity index (χ4n) is 5.67. The molecule has 1 aromatic heterocycles. The maximum absolute atomic E-state index is 15.0. The minimum atomic E-state index is -0.743. The lowest BCUT2D eigenvalue weighted by Gasteiger charge is -2.29. The normalized spacial score (nSPS) is 21.1. The highest BCUT2D eigenvalue weighted by molar-refractivity contribution is 6.34. The van der Waals surface area contributed by atoms with Crippen LogP contribution in [-0.4, -0.2) is 69.5 Å². The number of nitrogens with one attached hydrogen (secondary N) is 1. The Labute approximate surface area is 247 Å². The summed E-state index contributed by atoms with van der Waals surface area (Å²) in [5.74, 6) is -2.54. The van der Waals surface area contributed by atoms with E-state index in [1.54, 1.807) is 28.9 Å². The largest absolute Gasteiger partial charge is 0.481 e. The Morgan fingerprint density at radius 3 is 2.67 bits per heavy atom. The molecule has 2 aliphatic rings. The molecule has 3 aromatic rings. The highest BCUT2D eigenvalue weighted by atomic mass is 35.5. The van der Waals surface area contributed by atoms with E-state index < -0.39 is 17.7 Å². The van der Waals surface area contributed by atoms with E-state index in [4.69, 9.17) is 26.3 Å². The number of carboxylic acids is 1. The van der Waals surface area contributed by atoms with Crippen LogP contribution >= 0.6 is 11.6 Å². The number of hydroxylamine groups is 2. The number of anilines is 1. The number of para-hydroxylation sites is 1. The molecule has 2 fully saturated rings. The molecule has 1 aliphatic carbocycles. The van der Waals surface area contributed by atoms with Crippen LogP contribution in [-0.2, 0) is 32.6 Å². The first kappa shape index (κ1) is 30.1. The molecule has 1 amide bonds. The molecule has 2 heterocycles. The number of hydrogen-bond acceptors (Lipinski definition) is 7. The molecule has 0 radical (unpaired) electrons. The van der Waals surface area contributed by atoms with Gasteiger partial charge in [-0.15, -0.1) is 0 Å². The summed E-state index contributed by atoms with van der Waals surface area (Å²) in [5, 5.41) is 18.6. The Bertz CT molecular complexity index is 1470. The van der Waals surface area contributed by atoms with Crippen molar-refractivity contribution in [3.63, 3.8) is 0 Å². The number of ether oxygens (including phenoxy) is 1. The van der Waals surface area contributed by atoms with Gasteiger partial charge in [0.15, 0.2) is 11.5 Å². The molecule has 1 atom stereocenters. The fourth-order valence-corrected chi connectivity index (χ4v) is 5.90. The number of fused-ring (bicyclic) bond motifs is 1. The summed E-state index contributed by atoms with van der Waals surface area (Å²) in [6.07, 6.45) is 4.27. The van der Waals surface area contributed by atoms with E-state index in [1.165, 1.54) is 6.07 Å². The first-order chi connectivity index (χ1) is 20.2. The Hall–Kier alpha value is -3.38. The van der Waals surface area contributed by atoms with Crippen LogP contribution in [0.4, 0.5) is 10.1 Å². The van der Waals surface area contributed by atoms with Gasteiger partial charge in [0.2, 0.25) is 0 Å². The number of carboxylic acid groups (broad SMARTS) is 1. The number of rotatable bonds is 11. The molecular weight excluding hydrogens is 567 g/mol. The number of halogens is 2. The van der Waals surface area contributed by atoms with E-state index in [2.05, 4.69) is 10.4 Å². The molecule has 1 aliphatic heterocycles. The molecule has 10 nitrogen and oxygen atoms in total. The highest BCUT2D eigenvalue weighted by Gasteiger charge is 2.30. The summed E-state index contributed by atoms with van der Waals surface area (Å²) in [6.45, 7) is 0.887. The monoisotopic (exact) mass is 600 g/mol. The second-order valence-corrected chi connectivity index (χ2v) is 11.3. The van der Waals surface area contributed by atoms with Gasteiger partial charge in [-0.3, -0.25) is 23.9 Å². The van der Waals surface area contributed by atoms with Crippen molar-refractivity contribution in [3.8, 4) is 0 Å². The van der Waals surface area contributed by atoms with Crippen molar-refractivity contribution in [3.05, 3.63) is 58.5 Å². The van der Waals surface area contributed by atoms with Crippen molar-refractivity contribution in [2.45, 2.75) is 57.1 Å². The Balaban J connectivity index is 1.11. The van der Waals surface area contributed by atoms with E-state index in [1.807, 2.05) is 12.1 Å². The molecule has 5 rings (SSSR count). The van der Waals surface area contributed by atoms with Crippen molar-refractivity contribution in [1.29, 1.82) is 0 Å². The van der Waals surface area contributed by atoms with Gasteiger partial charge in [-0.2, -0.15) is 10.2 Å². The summed E-state index contributed by atoms with van der Waals surface area (Å²) < 4.78 is 22.6. The van der Waals surface area contributed by atoms with E-state index in [0.717, 1.165) is 37.3 Å². The molecule has 1 saturated heterocycles. The number of carbonyl (C=O) groups is 3. The number of hydrogen-bond donors (Lipinski definition) is 2. The lowest BCUT2D eigenvalue weighted by Crippen LogP contribution is -2.37. The molecule has 12 heteroatoms. The molecule has 0 spiro atoms. The van der Waals surface area contributed by atoms with Crippen LogP contribution in [0.5, 0.6) is 0 Å². The second kappa shape index (κ2) is 13.3. The standard InChI is InChI=1S/C30H34ClFN4O6/c1-35-27-7-3-2-6-23(27)28(34-35)29(38)33-26-15-25(32)19(14-24(26)31)13-21(37)17-42-36-12-4-5-20(36)16-41-22-10-8-18(9-11-22)30(39)40/h2-3,6-7,14-15,18,20,22H,4-5,8-13,16-17H2,1H3,(H,33,38)(H,39,40)/t18-,20-,22-/m1/s1. The number of aliphatic carboxylic acids is 1. The van der Waals surface area contributed by atoms with Crippen LogP contribution in [0.1, 0.15) is 54.6 Å². The lowest BCUT2D eigenvalue weighted by atomic mass is 9.87. The zero-order valence-electron chi connectivity index (χ0n) is 23.4. The van der Waals surface area contributed by atoms with Crippen molar-refractivity contribution in [2.75, 3.05) is 25.1 Å². The number of aromatic nitrogens is 2. The number of benzene rings is 2. The van der Waals surface area contributed by atoms with Gasteiger partial charge in [0.25, 0.3) is 5.91 Å². The first-order valence-corrected chi connectivity index (χ1v) is 14.5. The third-order valence-corrected chi connectivity index (χ3v) is 8.32. The number of nitrogens with zero attached hydrogens (tertiary/aromatic N) is 3. The van der Waals surface area contributed by atoms with E-state index in [9.17, 15) is 18.8 Å². The SMILES string of the molecule is Cn1nc(C(=O)Nc2cc(F)c(CC(=O)CON3CCC[C@@H]3CO[C@H]3CC[C@H](C(=O)O)CC3)cc2Cl)c2ccccc21. The number of ketones is 1. The van der Waals surface area contributed by atoms with Crippen molar-refractivity contribution in [1.82, 2.24) is 14.8 Å². The highest BCUT2D eigenvalue weighted by Crippen LogP contribution is 2.29. The van der Waals surface area contributed by atoms with E-state index in [-0.39, 0.29) is 58.8 Å². The maximum Gasteiger partial charge on any atom is 0.306 e. The maximum atomic E-state index is 15.0. The van der Waals surface area contributed by atoms with Crippen LogP contribution in [0, 0.1) is 11.7 Å². The molecular formula is C30H34ClFN4O6. The van der Waals surface area contributed by atoms with Crippen LogP contribution in [0.25, 0.3) is 10.9 Å². The molecule has 2 aromatic carbocycles. The van der Waals surface area contributed by atoms with Crippen LogP contribution in [0.2, 0.25) is 5.02 Å². The predicted molar refractivity (Wildman–Crippen MR) is 154 cm³/mol. The fraction of sp³-hybridized carbons (Fsp3) is 0.467. The summed E-state index contributed by atoms with van der Waals surface area (Å²) in [5.41, 5.74) is 1.16. The summed E-state index contributed by atoms with van der Waals surface area (Å²) in [4.78, 5) is 42.5. The van der Waals surface area contributed by atoms with Gasteiger partial charge in [-0.1, -0.05) is 29.8 Å². The zero-order chi connectivity index (χ0) is 29.8. The van der Waals surface area contributed by atoms with Crippen LogP contribution < -0.4 is 5.32 Å². The summed E-state index contributed by atoms with van der Waals surface area (Å²) >= 11 is 6.36. The molecule has 0 unspecified atom stereocenters. The molecule has 42 heavy (non-hydrogen) atoms. The first-order valence-electron chi connectivity index (χ1n) is 14.2. The zero-order valence-corrected chi connectivity index (χ0v) is 24.1. The average molecular weight is 601 g/mol. The number of carbonyl (C=O) groups excluding carboxylic acids is 2. The smallest absolute Gasteiger partial charge is 0.306 e. The predicted octanol–water partition coefficient (Wildman–Crippen LogP) is 4.79. The van der Waals surface area contributed by atoms with Gasteiger partial charge >= 0.3 is 5.97 Å². The quantitative estimate of drug-likeness (QED) is 0.322. The Morgan fingerprint density at radius 1 is 1.14 bits per heavy atom.